The van der Waals surface area contributed by atoms with E-state index in [1.165, 1.54) is 4.90 Å². The van der Waals surface area contributed by atoms with Crippen molar-refractivity contribution in [1.29, 1.82) is 0 Å². The fourth-order valence-corrected chi connectivity index (χ4v) is 4.32. The van der Waals surface area contributed by atoms with Crippen LogP contribution in [0.15, 0.2) is 54.6 Å². The molecule has 0 heterocycles. The standard InChI is InChI=1S/C22H28IN3O4S/c1-4-24-22(28)17(2)25(15-14-18-8-6-5-7-9-18)21(27)16-26(31(3,29)30)20-12-10-19(23)11-13-20/h5-13,17H,4,14-16H2,1-3H3,(H,24,28). The van der Waals surface area contributed by atoms with Gasteiger partial charge in [-0.1, -0.05) is 30.3 Å². The minimum atomic E-state index is -3.70. The van der Waals surface area contributed by atoms with Gasteiger partial charge in [0.15, 0.2) is 0 Å². The number of sulfonamides is 1. The van der Waals surface area contributed by atoms with Gasteiger partial charge in [0.25, 0.3) is 0 Å². The largest absolute Gasteiger partial charge is 0.355 e. The van der Waals surface area contributed by atoms with Crippen molar-refractivity contribution in [1.82, 2.24) is 10.2 Å². The lowest BCUT2D eigenvalue weighted by molar-refractivity contribution is -0.138. The number of halogens is 1. The van der Waals surface area contributed by atoms with E-state index in [1.807, 2.05) is 37.3 Å². The molecule has 9 heteroatoms. The first-order valence-corrected chi connectivity index (χ1v) is 12.9. The van der Waals surface area contributed by atoms with E-state index in [-0.39, 0.29) is 12.5 Å². The molecule has 0 spiro atoms. The zero-order chi connectivity index (χ0) is 23.0. The van der Waals surface area contributed by atoms with E-state index in [0.29, 0.717) is 25.2 Å². The number of anilines is 1. The number of likely N-dealkylation sites (N-methyl/N-ethyl adjacent to an activating group) is 1. The molecule has 0 fully saturated rings. The molecule has 2 rings (SSSR count). The maximum atomic E-state index is 13.3. The fraction of sp³-hybridized carbons (Fsp3) is 0.364. The third-order valence-corrected chi connectivity index (χ3v) is 6.66. The predicted octanol–water partition coefficient (Wildman–Crippen LogP) is 2.65. The highest BCUT2D eigenvalue weighted by atomic mass is 127. The molecule has 0 saturated carbocycles. The number of nitrogens with one attached hydrogen (secondary N) is 1. The van der Waals surface area contributed by atoms with Crippen molar-refractivity contribution in [2.75, 3.05) is 30.2 Å². The Balaban J connectivity index is 2.28. The van der Waals surface area contributed by atoms with Crippen LogP contribution in [0.4, 0.5) is 5.69 Å². The molecular weight excluding hydrogens is 529 g/mol. The van der Waals surface area contributed by atoms with Crippen molar-refractivity contribution in [3.8, 4) is 0 Å². The highest BCUT2D eigenvalue weighted by molar-refractivity contribution is 14.1. The molecule has 0 aliphatic heterocycles. The van der Waals surface area contributed by atoms with Crippen LogP contribution in [-0.4, -0.2) is 57.1 Å². The summed E-state index contributed by atoms with van der Waals surface area (Å²) in [6.07, 6.45) is 1.62. The second-order valence-electron chi connectivity index (χ2n) is 7.14. The molecule has 0 saturated heterocycles. The molecule has 7 nitrogen and oxygen atoms in total. The lowest BCUT2D eigenvalue weighted by Gasteiger charge is -2.31. The summed E-state index contributed by atoms with van der Waals surface area (Å²) >= 11 is 2.13. The summed E-state index contributed by atoms with van der Waals surface area (Å²) in [5.74, 6) is -0.706. The van der Waals surface area contributed by atoms with Gasteiger partial charge in [-0.3, -0.25) is 13.9 Å². The zero-order valence-corrected chi connectivity index (χ0v) is 20.9. The molecular formula is C22H28IN3O4S. The van der Waals surface area contributed by atoms with Gasteiger partial charge < -0.3 is 10.2 Å². The maximum Gasteiger partial charge on any atom is 0.244 e. The first-order chi connectivity index (χ1) is 14.6. The SMILES string of the molecule is CCNC(=O)C(C)N(CCc1ccccc1)C(=O)CN(c1ccc(I)cc1)S(C)(=O)=O. The van der Waals surface area contributed by atoms with E-state index >= 15 is 0 Å². The van der Waals surface area contributed by atoms with Gasteiger partial charge in [0, 0.05) is 16.7 Å². The van der Waals surface area contributed by atoms with Gasteiger partial charge in [0.1, 0.15) is 12.6 Å². The Morgan fingerprint density at radius 1 is 1.06 bits per heavy atom. The zero-order valence-electron chi connectivity index (χ0n) is 17.9. The van der Waals surface area contributed by atoms with Crippen LogP contribution in [0.1, 0.15) is 19.4 Å². The smallest absolute Gasteiger partial charge is 0.244 e. The topological polar surface area (TPSA) is 86.8 Å². The van der Waals surface area contributed by atoms with Crippen LogP contribution in [0.2, 0.25) is 0 Å². The Morgan fingerprint density at radius 2 is 1.68 bits per heavy atom. The highest BCUT2D eigenvalue weighted by Crippen LogP contribution is 2.20. The molecule has 2 aromatic rings. The summed E-state index contributed by atoms with van der Waals surface area (Å²) in [6, 6.07) is 15.8. The average molecular weight is 557 g/mol. The van der Waals surface area contributed by atoms with Gasteiger partial charge in [0.2, 0.25) is 21.8 Å². The Hall–Kier alpha value is -2.14. The summed E-state index contributed by atoms with van der Waals surface area (Å²) in [7, 11) is -3.70. The molecule has 1 N–H and O–H groups in total. The number of carbonyl (C=O) groups excluding carboxylic acids is 2. The molecule has 0 aromatic heterocycles. The number of amides is 2. The summed E-state index contributed by atoms with van der Waals surface area (Å²) in [6.45, 7) is 3.83. The number of benzene rings is 2. The summed E-state index contributed by atoms with van der Waals surface area (Å²) in [5, 5.41) is 2.73. The molecule has 168 valence electrons. The lowest BCUT2D eigenvalue weighted by atomic mass is 10.1. The summed E-state index contributed by atoms with van der Waals surface area (Å²) in [5.41, 5.74) is 1.44. The first kappa shape index (κ1) is 25.1. The highest BCUT2D eigenvalue weighted by Gasteiger charge is 2.29. The molecule has 1 atom stereocenters. The van der Waals surface area contributed by atoms with Crippen molar-refractivity contribution in [3.05, 3.63) is 63.7 Å². The number of hydrogen-bond donors (Lipinski definition) is 1. The van der Waals surface area contributed by atoms with Crippen LogP contribution in [0.5, 0.6) is 0 Å². The van der Waals surface area contributed by atoms with E-state index in [0.717, 1.165) is 19.7 Å². The quantitative estimate of drug-likeness (QED) is 0.456. The van der Waals surface area contributed by atoms with Crippen molar-refractivity contribution >= 4 is 50.1 Å². The van der Waals surface area contributed by atoms with Crippen LogP contribution < -0.4 is 9.62 Å². The molecule has 31 heavy (non-hydrogen) atoms. The molecule has 2 aromatic carbocycles. The Morgan fingerprint density at radius 3 is 2.23 bits per heavy atom. The van der Waals surface area contributed by atoms with Gasteiger partial charge >= 0.3 is 0 Å². The third kappa shape index (κ3) is 7.49. The molecule has 2 amide bonds. The van der Waals surface area contributed by atoms with Crippen molar-refractivity contribution < 1.29 is 18.0 Å². The normalized spacial score (nSPS) is 12.1. The van der Waals surface area contributed by atoms with Gasteiger partial charge in [-0.15, -0.1) is 0 Å². The average Bonchev–Trinajstić information content (AvgIpc) is 2.73. The molecule has 1 unspecified atom stereocenters. The van der Waals surface area contributed by atoms with Gasteiger partial charge in [-0.05, 0) is 72.7 Å². The van der Waals surface area contributed by atoms with Crippen LogP contribution in [0.25, 0.3) is 0 Å². The number of carbonyl (C=O) groups is 2. The van der Waals surface area contributed by atoms with Crippen molar-refractivity contribution in [2.24, 2.45) is 0 Å². The number of hydrogen-bond acceptors (Lipinski definition) is 4. The van der Waals surface area contributed by atoms with E-state index in [4.69, 9.17) is 0 Å². The van der Waals surface area contributed by atoms with Crippen molar-refractivity contribution in [3.63, 3.8) is 0 Å². The fourth-order valence-electron chi connectivity index (χ4n) is 3.11. The van der Waals surface area contributed by atoms with Gasteiger partial charge in [0.05, 0.1) is 11.9 Å². The molecule has 0 aliphatic rings. The third-order valence-electron chi connectivity index (χ3n) is 4.80. The van der Waals surface area contributed by atoms with Crippen LogP contribution in [0.3, 0.4) is 0 Å². The molecule has 0 bridgehead atoms. The first-order valence-electron chi connectivity index (χ1n) is 9.98. The van der Waals surface area contributed by atoms with Crippen LogP contribution >= 0.6 is 22.6 Å². The van der Waals surface area contributed by atoms with Gasteiger partial charge in [-0.25, -0.2) is 8.42 Å². The Bertz CT molecular complexity index is 982. The predicted molar refractivity (Wildman–Crippen MR) is 131 cm³/mol. The van der Waals surface area contributed by atoms with Crippen LogP contribution in [-0.2, 0) is 26.0 Å². The van der Waals surface area contributed by atoms with E-state index in [1.54, 1.807) is 31.2 Å². The minimum Gasteiger partial charge on any atom is -0.355 e. The van der Waals surface area contributed by atoms with Crippen molar-refractivity contribution in [2.45, 2.75) is 26.3 Å². The van der Waals surface area contributed by atoms with E-state index in [9.17, 15) is 18.0 Å². The monoisotopic (exact) mass is 557 g/mol. The second-order valence-corrected chi connectivity index (χ2v) is 10.3. The van der Waals surface area contributed by atoms with Crippen LogP contribution in [0, 0.1) is 3.57 Å². The second kappa shape index (κ2) is 11.5. The summed E-state index contributed by atoms with van der Waals surface area (Å²) < 4.78 is 26.9. The Kier molecular flexibility index (Phi) is 9.30. The summed E-state index contributed by atoms with van der Waals surface area (Å²) in [4.78, 5) is 27.2. The number of nitrogens with zero attached hydrogens (tertiary/aromatic N) is 2. The molecule has 0 aliphatic carbocycles. The number of rotatable bonds is 10. The minimum absolute atomic E-state index is 0.274. The van der Waals surface area contributed by atoms with Gasteiger partial charge in [-0.2, -0.15) is 0 Å². The maximum absolute atomic E-state index is 13.3. The lowest BCUT2D eigenvalue weighted by Crippen LogP contribution is -2.52. The Labute approximate surface area is 198 Å². The van der Waals surface area contributed by atoms with E-state index < -0.39 is 22.0 Å². The van der Waals surface area contributed by atoms with E-state index in [2.05, 4.69) is 27.9 Å². The molecule has 0 radical (unpaired) electrons.